The van der Waals surface area contributed by atoms with Crippen LogP contribution in [0.15, 0.2) is 30.6 Å². The molecule has 0 aliphatic carbocycles. The van der Waals surface area contributed by atoms with E-state index in [0.29, 0.717) is 25.7 Å². The zero-order valence-corrected chi connectivity index (χ0v) is 15.1. The average Bonchev–Trinajstić information content (AvgIpc) is 3.39. The normalized spacial score (nSPS) is 22.4. The van der Waals surface area contributed by atoms with Gasteiger partial charge in [0.1, 0.15) is 0 Å². The summed E-state index contributed by atoms with van der Waals surface area (Å²) in [6.45, 7) is 5.11. The lowest BCUT2D eigenvalue weighted by molar-refractivity contribution is -0.0988. The molecular formula is C18H23N7O2. The average molecular weight is 369 g/mol. The first-order chi connectivity index (χ1) is 13.4. The predicted octanol–water partition coefficient (Wildman–Crippen LogP) is 0.905. The molecule has 9 nitrogen and oxygen atoms in total. The third-order valence-corrected chi connectivity index (χ3v) is 5.31. The number of hydrogen-bond acceptors (Lipinski definition) is 7. The van der Waals surface area contributed by atoms with Crippen molar-refractivity contribution in [3.05, 3.63) is 36.4 Å². The van der Waals surface area contributed by atoms with Gasteiger partial charge in [0.25, 0.3) is 0 Å². The van der Waals surface area contributed by atoms with Crippen molar-refractivity contribution in [1.29, 1.82) is 0 Å². The summed E-state index contributed by atoms with van der Waals surface area (Å²) in [6, 6.07) is 5.74. The summed E-state index contributed by atoms with van der Waals surface area (Å²) in [5.41, 5.74) is 0.774. The highest BCUT2D eigenvalue weighted by atomic mass is 16.6. The number of likely N-dealkylation sites (tertiary alicyclic amines) is 1. The molecule has 0 saturated carbocycles. The lowest BCUT2D eigenvalue weighted by Gasteiger charge is -2.34. The van der Waals surface area contributed by atoms with Gasteiger partial charge in [0.05, 0.1) is 25.9 Å². The second kappa shape index (κ2) is 7.34. The van der Waals surface area contributed by atoms with Crippen LogP contribution >= 0.6 is 0 Å². The number of ether oxygens (including phenoxy) is 2. The number of piperidine rings is 1. The van der Waals surface area contributed by atoms with E-state index in [1.807, 2.05) is 28.9 Å². The zero-order chi connectivity index (χ0) is 18.1. The van der Waals surface area contributed by atoms with Gasteiger partial charge in [0.2, 0.25) is 0 Å². The van der Waals surface area contributed by atoms with Crippen molar-refractivity contribution < 1.29 is 9.47 Å². The van der Waals surface area contributed by atoms with Crippen molar-refractivity contribution in [2.45, 2.75) is 24.9 Å². The summed E-state index contributed by atoms with van der Waals surface area (Å²) >= 11 is 0. The van der Waals surface area contributed by atoms with E-state index in [0.717, 1.165) is 49.8 Å². The molecule has 2 aliphatic heterocycles. The molecule has 142 valence electrons. The van der Waals surface area contributed by atoms with Crippen molar-refractivity contribution in [3.63, 3.8) is 0 Å². The second-order valence-electron chi connectivity index (χ2n) is 7.11. The van der Waals surface area contributed by atoms with Crippen molar-refractivity contribution in [1.82, 2.24) is 34.5 Å². The fourth-order valence-electron chi connectivity index (χ4n) is 3.88. The Hall–Kier alpha value is -2.36. The van der Waals surface area contributed by atoms with Gasteiger partial charge in [-0.05, 0) is 44.1 Å². The maximum atomic E-state index is 5.77. The van der Waals surface area contributed by atoms with Crippen LogP contribution in [-0.4, -0.2) is 80.1 Å². The lowest BCUT2D eigenvalue weighted by atomic mass is 9.96. The summed E-state index contributed by atoms with van der Waals surface area (Å²) in [4.78, 5) is 2.46. The molecule has 0 radical (unpaired) electrons. The Balaban J connectivity index is 1.29. The first kappa shape index (κ1) is 16.8. The van der Waals surface area contributed by atoms with Crippen LogP contribution in [0.5, 0.6) is 0 Å². The Bertz CT molecular complexity index is 880. The fraction of sp³-hybridized carbons (Fsp3) is 0.556. The Morgan fingerprint density at radius 2 is 2.04 bits per heavy atom. The summed E-state index contributed by atoms with van der Waals surface area (Å²) in [5, 5.41) is 17.7. The van der Waals surface area contributed by atoms with Crippen LogP contribution in [0.3, 0.4) is 0 Å². The second-order valence-corrected chi connectivity index (χ2v) is 7.11. The molecule has 27 heavy (non-hydrogen) atoms. The molecule has 5 rings (SSSR count). The molecule has 3 aromatic heterocycles. The van der Waals surface area contributed by atoms with E-state index in [1.165, 1.54) is 0 Å². The smallest absolute Gasteiger partial charge is 0.178 e. The van der Waals surface area contributed by atoms with E-state index in [4.69, 9.17) is 14.6 Å². The van der Waals surface area contributed by atoms with Crippen LogP contribution in [0, 0.1) is 0 Å². The van der Waals surface area contributed by atoms with E-state index >= 15 is 0 Å². The molecule has 1 atom stereocenters. The van der Waals surface area contributed by atoms with Crippen molar-refractivity contribution >= 4 is 5.65 Å². The SMILES string of the molecule is c1cnn(-c2ccc3nnc(C4CCN(CC5COCCO5)CC4)n3n2)c1. The first-order valence-corrected chi connectivity index (χ1v) is 9.51. The molecule has 1 unspecified atom stereocenters. The zero-order valence-electron chi connectivity index (χ0n) is 15.1. The molecule has 0 amide bonds. The molecule has 2 saturated heterocycles. The number of aromatic nitrogens is 6. The molecule has 0 spiro atoms. The monoisotopic (exact) mass is 369 g/mol. The van der Waals surface area contributed by atoms with E-state index < -0.39 is 0 Å². The van der Waals surface area contributed by atoms with Crippen molar-refractivity contribution in [2.75, 3.05) is 39.5 Å². The molecule has 9 heteroatoms. The minimum Gasteiger partial charge on any atom is -0.376 e. The quantitative estimate of drug-likeness (QED) is 0.676. The molecule has 5 heterocycles. The van der Waals surface area contributed by atoms with Crippen LogP contribution in [0.2, 0.25) is 0 Å². The third kappa shape index (κ3) is 3.45. The predicted molar refractivity (Wildman–Crippen MR) is 96.9 cm³/mol. The fourth-order valence-corrected chi connectivity index (χ4v) is 3.88. The van der Waals surface area contributed by atoms with Crippen molar-refractivity contribution in [2.24, 2.45) is 0 Å². The Labute approximate surface area is 156 Å². The first-order valence-electron chi connectivity index (χ1n) is 9.51. The van der Waals surface area contributed by atoms with E-state index in [2.05, 4.69) is 20.2 Å². The van der Waals surface area contributed by atoms with Gasteiger partial charge in [-0.2, -0.15) is 9.61 Å². The van der Waals surface area contributed by atoms with E-state index in [-0.39, 0.29) is 6.10 Å². The minimum atomic E-state index is 0.197. The standard InChI is InChI=1S/C18H23N7O2/c1-6-19-24(7-1)17-3-2-16-20-21-18(25(16)22-17)14-4-8-23(9-5-14)12-15-13-26-10-11-27-15/h1-3,6-7,14-15H,4-5,8-13H2. The molecule has 0 N–H and O–H groups in total. The van der Waals surface area contributed by atoms with Crippen LogP contribution in [0.4, 0.5) is 0 Å². The summed E-state index contributed by atoms with van der Waals surface area (Å²) < 4.78 is 14.9. The molecular weight excluding hydrogens is 346 g/mol. The molecule has 2 fully saturated rings. The topological polar surface area (TPSA) is 82.6 Å². The Morgan fingerprint density at radius 1 is 1.11 bits per heavy atom. The van der Waals surface area contributed by atoms with Gasteiger partial charge in [-0.25, -0.2) is 4.68 Å². The highest BCUT2D eigenvalue weighted by Gasteiger charge is 2.27. The van der Waals surface area contributed by atoms with E-state index in [1.54, 1.807) is 10.9 Å². The highest BCUT2D eigenvalue weighted by Crippen LogP contribution is 2.27. The van der Waals surface area contributed by atoms with Gasteiger partial charge >= 0.3 is 0 Å². The van der Waals surface area contributed by atoms with Crippen LogP contribution in [0.25, 0.3) is 11.5 Å². The number of nitrogens with zero attached hydrogens (tertiary/aromatic N) is 7. The highest BCUT2D eigenvalue weighted by molar-refractivity contribution is 5.39. The molecule has 0 aromatic carbocycles. The number of hydrogen-bond donors (Lipinski definition) is 0. The van der Waals surface area contributed by atoms with Gasteiger partial charge in [-0.1, -0.05) is 0 Å². The molecule has 3 aromatic rings. The van der Waals surface area contributed by atoms with Crippen LogP contribution < -0.4 is 0 Å². The Morgan fingerprint density at radius 3 is 2.81 bits per heavy atom. The molecule has 0 bridgehead atoms. The maximum Gasteiger partial charge on any atom is 0.178 e. The Kier molecular flexibility index (Phi) is 4.56. The largest absolute Gasteiger partial charge is 0.376 e. The van der Waals surface area contributed by atoms with Gasteiger partial charge in [-0.15, -0.1) is 15.3 Å². The molecule has 2 aliphatic rings. The summed E-state index contributed by atoms with van der Waals surface area (Å²) in [5.74, 6) is 2.07. The number of rotatable bonds is 4. The maximum absolute atomic E-state index is 5.77. The van der Waals surface area contributed by atoms with E-state index in [9.17, 15) is 0 Å². The van der Waals surface area contributed by atoms with Gasteiger partial charge in [0.15, 0.2) is 17.3 Å². The minimum absolute atomic E-state index is 0.197. The van der Waals surface area contributed by atoms with Gasteiger partial charge < -0.3 is 14.4 Å². The van der Waals surface area contributed by atoms with Crippen LogP contribution in [0.1, 0.15) is 24.6 Å². The van der Waals surface area contributed by atoms with Crippen LogP contribution in [-0.2, 0) is 9.47 Å². The third-order valence-electron chi connectivity index (χ3n) is 5.31. The van der Waals surface area contributed by atoms with Gasteiger partial charge in [-0.3, -0.25) is 0 Å². The van der Waals surface area contributed by atoms with Crippen molar-refractivity contribution in [3.8, 4) is 5.82 Å². The van der Waals surface area contributed by atoms with Gasteiger partial charge in [0, 0.05) is 24.9 Å². The summed E-state index contributed by atoms with van der Waals surface area (Å²) in [6.07, 6.45) is 5.91. The lowest BCUT2D eigenvalue weighted by Crippen LogP contribution is -2.43. The summed E-state index contributed by atoms with van der Waals surface area (Å²) in [7, 11) is 0. The number of fused-ring (bicyclic) bond motifs is 1.